The highest BCUT2D eigenvalue weighted by Gasteiger charge is 2.12. The first-order valence-corrected chi connectivity index (χ1v) is 4.18. The van der Waals surface area contributed by atoms with E-state index in [1.165, 1.54) is 24.3 Å². The van der Waals surface area contributed by atoms with Crippen LogP contribution in [0.2, 0.25) is 0 Å². The number of aromatic hydroxyl groups is 1. The number of rotatable bonds is 2. The Morgan fingerprint density at radius 2 is 1.83 bits per heavy atom. The zero-order chi connectivity index (χ0) is 9.14. The van der Waals surface area contributed by atoms with Gasteiger partial charge < -0.3 is 10.2 Å². The van der Waals surface area contributed by atoms with E-state index in [-0.39, 0.29) is 5.75 Å². The molecule has 0 fully saturated rings. The van der Waals surface area contributed by atoms with Gasteiger partial charge in [-0.2, -0.15) is 0 Å². The molecule has 0 bridgehead atoms. The number of phenolic OH excluding ortho intramolecular Hbond substituents is 1. The minimum absolute atomic E-state index is 0.0932. The molecule has 0 aliphatic rings. The zero-order valence-corrected chi connectivity index (χ0v) is 7.65. The van der Waals surface area contributed by atoms with Gasteiger partial charge in [-0.25, -0.2) is 0 Å². The molecule has 1 aromatic rings. The lowest BCUT2D eigenvalue weighted by Gasteiger charge is -2.01. The van der Waals surface area contributed by atoms with Gasteiger partial charge in [0.2, 0.25) is 5.78 Å². The van der Waals surface area contributed by atoms with Crippen LogP contribution in [0.25, 0.3) is 0 Å². The van der Waals surface area contributed by atoms with E-state index in [0.717, 1.165) is 0 Å². The molecule has 0 spiro atoms. The first-order valence-electron chi connectivity index (χ1n) is 3.26. The van der Waals surface area contributed by atoms with Crippen molar-refractivity contribution in [2.45, 2.75) is 5.01 Å². The van der Waals surface area contributed by atoms with Gasteiger partial charge >= 0.3 is 0 Å². The van der Waals surface area contributed by atoms with Gasteiger partial charge in [0.05, 0.1) is 0 Å². The first-order chi connectivity index (χ1) is 5.61. The second kappa shape index (κ2) is 3.69. The number of phenols is 1. The molecule has 0 aliphatic heterocycles. The second-order valence-corrected chi connectivity index (χ2v) is 3.11. The summed E-state index contributed by atoms with van der Waals surface area (Å²) in [6, 6.07) is 5.68. The Labute approximate surface area is 77.8 Å². The monoisotopic (exact) mass is 230 g/mol. The van der Waals surface area contributed by atoms with Crippen molar-refractivity contribution in [3.8, 4) is 5.75 Å². The van der Waals surface area contributed by atoms with Gasteiger partial charge in [0.1, 0.15) is 5.75 Å². The summed E-state index contributed by atoms with van der Waals surface area (Å²) in [5, 5.41) is 16.6. The summed E-state index contributed by atoms with van der Waals surface area (Å²) in [6.07, 6.45) is 0. The predicted molar refractivity (Wildman–Crippen MR) is 47.4 cm³/mol. The average Bonchev–Trinajstić information content (AvgIpc) is 2.04. The van der Waals surface area contributed by atoms with Crippen LogP contribution in [0.3, 0.4) is 0 Å². The van der Waals surface area contributed by atoms with E-state index < -0.39 is 10.8 Å². The van der Waals surface area contributed by atoms with Crippen LogP contribution < -0.4 is 0 Å². The summed E-state index contributed by atoms with van der Waals surface area (Å²) in [6.45, 7) is 0. The number of Topliss-reactive ketones (excluding diaryl/α,β-unsaturated/α-hetero) is 1. The number of carbonyl (C=O) groups excluding carboxylic acids is 1. The summed E-state index contributed by atoms with van der Waals surface area (Å²) < 4.78 is 0. The fourth-order valence-corrected chi connectivity index (χ4v) is 1.03. The minimum Gasteiger partial charge on any atom is -0.508 e. The van der Waals surface area contributed by atoms with Gasteiger partial charge in [-0.05, 0) is 40.2 Å². The summed E-state index contributed by atoms with van der Waals surface area (Å²) in [4.78, 5) is 11.1. The SMILES string of the molecule is O=C(c1ccc(O)cc1)C(O)Br. The molecule has 0 radical (unpaired) electrons. The summed E-state index contributed by atoms with van der Waals surface area (Å²) in [5.74, 6) is -0.328. The van der Waals surface area contributed by atoms with Crippen LogP contribution in [0.5, 0.6) is 5.75 Å². The van der Waals surface area contributed by atoms with Crippen LogP contribution in [-0.4, -0.2) is 21.0 Å². The maximum absolute atomic E-state index is 11.1. The number of hydrogen-bond acceptors (Lipinski definition) is 3. The smallest absolute Gasteiger partial charge is 0.202 e. The lowest BCUT2D eigenvalue weighted by molar-refractivity contribution is 0.0875. The molecule has 0 saturated carbocycles. The fourth-order valence-electron chi connectivity index (χ4n) is 0.763. The Kier molecular flexibility index (Phi) is 2.83. The second-order valence-electron chi connectivity index (χ2n) is 2.25. The van der Waals surface area contributed by atoms with E-state index in [9.17, 15) is 4.79 Å². The van der Waals surface area contributed by atoms with Crippen molar-refractivity contribution in [1.82, 2.24) is 0 Å². The van der Waals surface area contributed by atoms with Crippen molar-refractivity contribution in [2.24, 2.45) is 0 Å². The Morgan fingerprint density at radius 3 is 2.25 bits per heavy atom. The molecule has 1 unspecified atom stereocenters. The molecule has 0 amide bonds. The molecular formula is C8H7BrO3. The van der Waals surface area contributed by atoms with Crippen molar-refractivity contribution in [1.29, 1.82) is 0 Å². The molecule has 2 N–H and O–H groups in total. The lowest BCUT2D eigenvalue weighted by Crippen LogP contribution is -2.12. The highest BCUT2D eigenvalue weighted by molar-refractivity contribution is 9.09. The fraction of sp³-hybridized carbons (Fsp3) is 0.125. The van der Waals surface area contributed by atoms with E-state index in [0.29, 0.717) is 5.56 Å². The van der Waals surface area contributed by atoms with Crippen LogP contribution >= 0.6 is 15.9 Å². The van der Waals surface area contributed by atoms with Crippen LogP contribution in [0, 0.1) is 0 Å². The quantitative estimate of drug-likeness (QED) is 0.595. The normalized spacial score (nSPS) is 12.5. The average molecular weight is 231 g/mol. The maximum atomic E-state index is 11.1. The van der Waals surface area contributed by atoms with E-state index in [2.05, 4.69) is 15.9 Å². The third-order valence-corrected chi connectivity index (χ3v) is 1.78. The molecule has 0 aromatic heterocycles. The van der Waals surface area contributed by atoms with Gasteiger partial charge in [0, 0.05) is 5.56 Å². The summed E-state index contributed by atoms with van der Waals surface area (Å²) in [5.41, 5.74) is 0.358. The number of aliphatic hydroxyl groups excluding tert-OH is 1. The largest absolute Gasteiger partial charge is 0.508 e. The van der Waals surface area contributed by atoms with Gasteiger partial charge in [0.15, 0.2) is 5.01 Å². The number of halogens is 1. The molecule has 4 heteroatoms. The lowest BCUT2D eigenvalue weighted by atomic mass is 10.1. The number of ketones is 1. The molecule has 1 aromatic carbocycles. The van der Waals surface area contributed by atoms with E-state index >= 15 is 0 Å². The van der Waals surface area contributed by atoms with E-state index in [1.807, 2.05) is 0 Å². The Hall–Kier alpha value is -0.870. The third-order valence-electron chi connectivity index (χ3n) is 1.37. The maximum Gasteiger partial charge on any atom is 0.202 e. The highest BCUT2D eigenvalue weighted by Crippen LogP contribution is 2.12. The predicted octanol–water partition coefficient (Wildman–Crippen LogP) is 1.29. The molecule has 1 rings (SSSR count). The molecule has 0 aliphatic carbocycles. The van der Waals surface area contributed by atoms with Crippen molar-refractivity contribution in [2.75, 3.05) is 0 Å². The first kappa shape index (κ1) is 9.22. The Balaban J connectivity index is 2.90. The summed E-state index contributed by atoms with van der Waals surface area (Å²) >= 11 is 2.74. The molecule has 64 valence electrons. The number of hydrogen-bond donors (Lipinski definition) is 2. The van der Waals surface area contributed by atoms with Crippen LogP contribution in [0.15, 0.2) is 24.3 Å². The van der Waals surface area contributed by atoms with Crippen LogP contribution in [0.4, 0.5) is 0 Å². The standard InChI is InChI=1S/C8H7BrO3/c9-8(12)7(11)5-1-3-6(10)4-2-5/h1-4,8,10,12H. The van der Waals surface area contributed by atoms with Crippen molar-refractivity contribution in [3.05, 3.63) is 29.8 Å². The number of carbonyl (C=O) groups is 1. The molecule has 12 heavy (non-hydrogen) atoms. The molecule has 0 heterocycles. The number of alkyl halides is 1. The minimum atomic E-state index is -1.18. The molecule has 3 nitrogen and oxygen atoms in total. The van der Waals surface area contributed by atoms with E-state index in [4.69, 9.17) is 10.2 Å². The topological polar surface area (TPSA) is 57.5 Å². The van der Waals surface area contributed by atoms with E-state index in [1.54, 1.807) is 0 Å². The number of aliphatic hydroxyl groups is 1. The van der Waals surface area contributed by atoms with Crippen LogP contribution in [0.1, 0.15) is 10.4 Å². The molecule has 0 saturated heterocycles. The zero-order valence-electron chi connectivity index (χ0n) is 6.07. The van der Waals surface area contributed by atoms with Gasteiger partial charge in [-0.3, -0.25) is 4.79 Å². The Bertz CT molecular complexity index is 279. The molecular weight excluding hydrogens is 224 g/mol. The van der Waals surface area contributed by atoms with Crippen molar-refractivity contribution >= 4 is 21.7 Å². The van der Waals surface area contributed by atoms with Gasteiger partial charge in [-0.15, -0.1) is 0 Å². The van der Waals surface area contributed by atoms with Crippen LogP contribution in [-0.2, 0) is 0 Å². The third kappa shape index (κ3) is 2.06. The Morgan fingerprint density at radius 1 is 1.33 bits per heavy atom. The highest BCUT2D eigenvalue weighted by atomic mass is 79.9. The van der Waals surface area contributed by atoms with Gasteiger partial charge in [-0.1, -0.05) is 0 Å². The molecule has 1 atom stereocenters. The van der Waals surface area contributed by atoms with Crippen molar-refractivity contribution in [3.63, 3.8) is 0 Å². The number of benzene rings is 1. The summed E-state index contributed by atoms with van der Waals surface area (Å²) in [7, 11) is 0. The van der Waals surface area contributed by atoms with Crippen molar-refractivity contribution < 1.29 is 15.0 Å². The van der Waals surface area contributed by atoms with Gasteiger partial charge in [0.25, 0.3) is 0 Å².